The zero-order chi connectivity index (χ0) is 22.6. The van der Waals surface area contributed by atoms with Gasteiger partial charge in [0.1, 0.15) is 10.8 Å². The number of carboxylic acids is 1. The average Bonchev–Trinajstić information content (AvgIpc) is 2.83. The molecule has 3 heterocycles. The number of carbonyl (C=O) groups is 1. The number of anilines is 2. The van der Waals surface area contributed by atoms with Crippen LogP contribution in [0.3, 0.4) is 0 Å². The number of fused-ring (bicyclic) bond motifs is 2. The molecular weight excluding hydrogens is 436 g/mol. The first-order chi connectivity index (χ1) is 16.1. The van der Waals surface area contributed by atoms with Crippen LogP contribution in [0.25, 0.3) is 0 Å². The smallest absolute Gasteiger partial charge is 0.307 e. The van der Waals surface area contributed by atoms with Crippen molar-refractivity contribution in [3.8, 4) is 5.75 Å². The van der Waals surface area contributed by atoms with Crippen LogP contribution in [0.15, 0.2) is 64.8 Å². The second-order valence-electron chi connectivity index (χ2n) is 8.51. The Morgan fingerprint density at radius 2 is 1.85 bits per heavy atom. The largest absolute Gasteiger partial charge is 0.493 e. The number of benzene rings is 2. The van der Waals surface area contributed by atoms with E-state index < -0.39 is 5.97 Å². The average molecular weight is 463 g/mol. The molecule has 7 nitrogen and oxygen atoms in total. The van der Waals surface area contributed by atoms with Crippen LogP contribution in [0.1, 0.15) is 24.0 Å². The molecule has 5 rings (SSSR count). The Morgan fingerprint density at radius 1 is 1.09 bits per heavy atom. The normalized spacial score (nSPS) is 15.9. The number of nitrogens with one attached hydrogen (secondary N) is 1. The van der Waals surface area contributed by atoms with Gasteiger partial charge >= 0.3 is 5.97 Å². The maximum absolute atomic E-state index is 10.8. The molecule has 1 aromatic heterocycles. The van der Waals surface area contributed by atoms with E-state index >= 15 is 0 Å². The minimum Gasteiger partial charge on any atom is -0.493 e. The lowest BCUT2D eigenvalue weighted by molar-refractivity contribution is -0.136. The van der Waals surface area contributed by atoms with Gasteiger partial charge in [0, 0.05) is 23.8 Å². The standard InChI is InChI=1S/C25H26N4O3S/c30-23(31)14-17-1-4-20(5-2-17)32-16-18-7-11-29(12-8-18)15-19-3-6-22-21(13-19)28-24-25(33-22)27-10-9-26-24/h1-6,9-10,13,18H,7-8,11-12,14-16H2,(H,26,28)(H,30,31). The van der Waals surface area contributed by atoms with E-state index in [4.69, 9.17) is 9.84 Å². The molecule has 1 fully saturated rings. The predicted molar refractivity (Wildman–Crippen MR) is 127 cm³/mol. The number of hydrogen-bond acceptors (Lipinski definition) is 7. The Bertz CT molecular complexity index is 1130. The maximum atomic E-state index is 10.8. The molecule has 0 radical (unpaired) electrons. The molecule has 0 spiro atoms. The number of piperidine rings is 1. The fraction of sp³-hybridized carbons (Fsp3) is 0.320. The SMILES string of the molecule is O=C(O)Cc1ccc(OCC2CCN(Cc3ccc4c(c3)Nc3nccnc3S4)CC2)cc1. The molecule has 0 saturated carbocycles. The summed E-state index contributed by atoms with van der Waals surface area (Å²) >= 11 is 1.65. The van der Waals surface area contributed by atoms with Crippen LogP contribution in [0.4, 0.5) is 11.5 Å². The molecule has 3 aromatic rings. The number of ether oxygens (including phenoxy) is 1. The van der Waals surface area contributed by atoms with Gasteiger partial charge in [0.25, 0.3) is 0 Å². The molecule has 2 N–H and O–H groups in total. The van der Waals surface area contributed by atoms with E-state index in [9.17, 15) is 4.79 Å². The number of nitrogens with zero attached hydrogens (tertiary/aromatic N) is 3. The number of aliphatic carboxylic acids is 1. The third kappa shape index (κ3) is 5.46. The highest BCUT2D eigenvalue weighted by atomic mass is 32.2. The molecule has 0 aliphatic carbocycles. The first-order valence-corrected chi connectivity index (χ1v) is 12.0. The van der Waals surface area contributed by atoms with E-state index in [-0.39, 0.29) is 6.42 Å². The van der Waals surface area contributed by atoms with Crippen molar-refractivity contribution < 1.29 is 14.6 Å². The topological polar surface area (TPSA) is 87.6 Å². The molecule has 2 aliphatic heterocycles. The fourth-order valence-electron chi connectivity index (χ4n) is 4.24. The second-order valence-corrected chi connectivity index (χ2v) is 9.54. The lowest BCUT2D eigenvalue weighted by atomic mass is 9.97. The van der Waals surface area contributed by atoms with Gasteiger partial charge in [-0.05, 0) is 67.2 Å². The lowest BCUT2D eigenvalue weighted by Gasteiger charge is -2.32. The van der Waals surface area contributed by atoms with Gasteiger partial charge in [-0.15, -0.1) is 0 Å². The molecule has 8 heteroatoms. The summed E-state index contributed by atoms with van der Waals surface area (Å²) in [5.41, 5.74) is 3.18. The number of carboxylic acid groups (broad SMARTS) is 1. The highest BCUT2D eigenvalue weighted by Crippen LogP contribution is 2.42. The van der Waals surface area contributed by atoms with E-state index in [0.717, 1.165) is 60.3 Å². The quantitative estimate of drug-likeness (QED) is 0.412. The summed E-state index contributed by atoms with van der Waals surface area (Å²) in [5.74, 6) is 1.35. The van der Waals surface area contributed by atoms with E-state index in [1.54, 1.807) is 24.2 Å². The van der Waals surface area contributed by atoms with Gasteiger partial charge < -0.3 is 15.2 Å². The maximum Gasteiger partial charge on any atom is 0.307 e. The molecular formula is C25H26N4O3S. The van der Waals surface area contributed by atoms with E-state index in [0.29, 0.717) is 12.5 Å². The lowest BCUT2D eigenvalue weighted by Crippen LogP contribution is -2.35. The van der Waals surface area contributed by atoms with E-state index in [1.807, 2.05) is 24.3 Å². The second kappa shape index (κ2) is 9.80. The summed E-state index contributed by atoms with van der Waals surface area (Å²) < 4.78 is 5.96. The van der Waals surface area contributed by atoms with Gasteiger partial charge in [-0.1, -0.05) is 30.0 Å². The summed E-state index contributed by atoms with van der Waals surface area (Å²) in [6, 6.07) is 14.0. The number of rotatable bonds is 7. The molecule has 0 atom stereocenters. The molecule has 170 valence electrons. The molecule has 0 bridgehead atoms. The predicted octanol–water partition coefficient (Wildman–Crippen LogP) is 4.60. The van der Waals surface area contributed by atoms with Crippen molar-refractivity contribution in [1.82, 2.24) is 14.9 Å². The Hall–Kier alpha value is -3.10. The van der Waals surface area contributed by atoms with Gasteiger partial charge in [-0.3, -0.25) is 9.69 Å². The van der Waals surface area contributed by atoms with Crippen molar-refractivity contribution in [2.45, 2.75) is 35.7 Å². The van der Waals surface area contributed by atoms with Gasteiger partial charge in [0.2, 0.25) is 0 Å². The van der Waals surface area contributed by atoms with Crippen molar-refractivity contribution >= 4 is 29.2 Å². The summed E-state index contributed by atoms with van der Waals surface area (Å²) in [6.45, 7) is 3.75. The van der Waals surface area contributed by atoms with Crippen LogP contribution in [0, 0.1) is 5.92 Å². The van der Waals surface area contributed by atoms with E-state index in [1.165, 1.54) is 10.5 Å². The molecule has 2 aliphatic rings. The highest BCUT2D eigenvalue weighted by Gasteiger charge is 2.22. The fourth-order valence-corrected chi connectivity index (χ4v) is 5.12. The Kier molecular flexibility index (Phi) is 6.46. The summed E-state index contributed by atoms with van der Waals surface area (Å²) in [5, 5.41) is 13.2. The summed E-state index contributed by atoms with van der Waals surface area (Å²) in [4.78, 5) is 23.2. The van der Waals surface area contributed by atoms with Gasteiger partial charge in [0.05, 0.1) is 18.7 Å². The zero-order valence-corrected chi connectivity index (χ0v) is 19.1. The number of hydrogen-bond donors (Lipinski definition) is 2. The Labute approximate surface area is 197 Å². The number of aromatic nitrogens is 2. The molecule has 0 amide bonds. The first-order valence-electron chi connectivity index (χ1n) is 11.2. The Morgan fingerprint density at radius 3 is 2.64 bits per heavy atom. The van der Waals surface area contributed by atoms with Crippen LogP contribution in [-0.4, -0.2) is 45.6 Å². The summed E-state index contributed by atoms with van der Waals surface area (Å²) in [7, 11) is 0. The monoisotopic (exact) mass is 462 g/mol. The third-order valence-electron chi connectivity index (χ3n) is 6.05. The highest BCUT2D eigenvalue weighted by molar-refractivity contribution is 7.99. The minimum absolute atomic E-state index is 0.0409. The molecule has 0 unspecified atom stereocenters. The van der Waals surface area contributed by atoms with Crippen molar-refractivity contribution in [1.29, 1.82) is 0 Å². The first kappa shape index (κ1) is 21.7. The van der Waals surface area contributed by atoms with Crippen molar-refractivity contribution in [2.75, 3.05) is 25.0 Å². The van der Waals surface area contributed by atoms with Crippen molar-refractivity contribution in [3.63, 3.8) is 0 Å². The molecule has 2 aromatic carbocycles. The van der Waals surface area contributed by atoms with Gasteiger partial charge in [-0.25, -0.2) is 9.97 Å². The van der Waals surface area contributed by atoms with Crippen LogP contribution in [0.2, 0.25) is 0 Å². The van der Waals surface area contributed by atoms with Crippen molar-refractivity contribution in [2.24, 2.45) is 5.92 Å². The van der Waals surface area contributed by atoms with Crippen LogP contribution >= 0.6 is 11.8 Å². The minimum atomic E-state index is -0.819. The number of likely N-dealkylation sites (tertiary alicyclic amines) is 1. The summed E-state index contributed by atoms with van der Waals surface area (Å²) in [6.07, 6.45) is 5.70. The van der Waals surface area contributed by atoms with E-state index in [2.05, 4.69) is 38.4 Å². The molecule has 1 saturated heterocycles. The third-order valence-corrected chi connectivity index (χ3v) is 7.11. The molecule has 33 heavy (non-hydrogen) atoms. The van der Waals surface area contributed by atoms with Gasteiger partial charge in [0.15, 0.2) is 5.82 Å². The van der Waals surface area contributed by atoms with Crippen LogP contribution in [-0.2, 0) is 17.8 Å². The van der Waals surface area contributed by atoms with Crippen molar-refractivity contribution in [3.05, 3.63) is 66.0 Å². The van der Waals surface area contributed by atoms with Crippen LogP contribution in [0.5, 0.6) is 5.75 Å². The van der Waals surface area contributed by atoms with Crippen LogP contribution < -0.4 is 10.1 Å². The van der Waals surface area contributed by atoms with Gasteiger partial charge in [-0.2, -0.15) is 0 Å². The Balaban J connectivity index is 1.09. The zero-order valence-electron chi connectivity index (χ0n) is 18.2.